The van der Waals surface area contributed by atoms with E-state index >= 15 is 0 Å². The molecular weight excluding hydrogens is 352 g/mol. The molecule has 1 spiro atoms. The first-order valence-electron chi connectivity index (χ1n) is 9.73. The maximum Gasteiger partial charge on any atom is 0.312 e. The number of aliphatic hydroxyl groups excluding tert-OH is 1. The lowest BCUT2D eigenvalue weighted by Crippen LogP contribution is -2.58. The van der Waals surface area contributed by atoms with Crippen molar-refractivity contribution < 1.29 is 29.0 Å². The van der Waals surface area contributed by atoms with Crippen molar-refractivity contribution in [3.8, 4) is 0 Å². The fourth-order valence-corrected chi connectivity index (χ4v) is 5.18. The second-order valence-corrected chi connectivity index (χ2v) is 8.42. The van der Waals surface area contributed by atoms with E-state index in [9.17, 15) is 19.5 Å². The lowest BCUT2D eigenvalue weighted by atomic mass is 9.66. The quantitative estimate of drug-likeness (QED) is 0.637. The summed E-state index contributed by atoms with van der Waals surface area (Å²) < 4.78 is 11.6. The third-order valence-corrected chi connectivity index (χ3v) is 6.17. The molecule has 0 aromatic carbocycles. The molecule has 2 bridgehead atoms. The molecule has 0 aliphatic carbocycles. The van der Waals surface area contributed by atoms with Crippen LogP contribution in [0, 0.1) is 11.8 Å². The lowest BCUT2D eigenvalue weighted by Gasteiger charge is -2.36. The summed E-state index contributed by atoms with van der Waals surface area (Å²) in [5, 5.41) is 12.6. The number of hydrogen-bond donors (Lipinski definition) is 2. The molecule has 3 saturated heterocycles. The first kappa shape index (κ1) is 20.1. The van der Waals surface area contributed by atoms with Crippen molar-refractivity contribution in [2.24, 2.45) is 11.8 Å². The van der Waals surface area contributed by atoms with Crippen molar-refractivity contribution in [3.05, 3.63) is 0 Å². The number of carbonyl (C=O) groups excluding carboxylic acids is 3. The predicted octanol–water partition coefficient (Wildman–Crippen LogP) is 0.220. The highest BCUT2D eigenvalue weighted by Gasteiger charge is 2.78. The van der Waals surface area contributed by atoms with Gasteiger partial charge in [0.25, 0.3) is 0 Å². The SMILES string of the molecule is CCOC(=O)[C@@H]1[C@H]2C(=O)N([C@H](C)CO)C(C(=O)NC(C)C)C23CC[C@@]1(C)O3. The van der Waals surface area contributed by atoms with E-state index in [-0.39, 0.29) is 31.1 Å². The Bertz CT molecular complexity index is 652. The number of carbonyl (C=O) groups is 3. The van der Waals surface area contributed by atoms with Crippen LogP contribution >= 0.6 is 0 Å². The average Bonchev–Trinajstić information content (AvgIpc) is 3.14. The second-order valence-electron chi connectivity index (χ2n) is 8.42. The number of nitrogens with zero attached hydrogens (tertiary/aromatic N) is 1. The van der Waals surface area contributed by atoms with Gasteiger partial charge in [0.1, 0.15) is 17.6 Å². The molecule has 3 aliphatic heterocycles. The van der Waals surface area contributed by atoms with Crippen molar-refractivity contribution in [1.82, 2.24) is 10.2 Å². The van der Waals surface area contributed by atoms with Gasteiger partial charge in [0.05, 0.1) is 30.8 Å². The molecule has 2 amide bonds. The molecule has 27 heavy (non-hydrogen) atoms. The van der Waals surface area contributed by atoms with Crippen molar-refractivity contribution in [2.45, 2.75) is 76.8 Å². The van der Waals surface area contributed by atoms with Crippen LogP contribution in [0.5, 0.6) is 0 Å². The van der Waals surface area contributed by atoms with Crippen LogP contribution in [0.15, 0.2) is 0 Å². The third-order valence-electron chi connectivity index (χ3n) is 6.17. The van der Waals surface area contributed by atoms with Crippen LogP contribution < -0.4 is 5.32 Å². The molecule has 3 fully saturated rings. The first-order valence-corrected chi connectivity index (χ1v) is 9.73. The number of aliphatic hydroxyl groups is 1. The van der Waals surface area contributed by atoms with Crippen LogP contribution in [0.25, 0.3) is 0 Å². The normalized spacial score (nSPS) is 38.3. The van der Waals surface area contributed by atoms with Crippen LogP contribution in [-0.4, -0.2) is 70.3 Å². The molecule has 152 valence electrons. The van der Waals surface area contributed by atoms with Crippen LogP contribution in [0.3, 0.4) is 0 Å². The van der Waals surface area contributed by atoms with Gasteiger partial charge in [0.2, 0.25) is 11.8 Å². The monoisotopic (exact) mass is 382 g/mol. The molecule has 0 saturated carbocycles. The molecule has 3 rings (SSSR count). The molecule has 0 aromatic rings. The number of nitrogens with one attached hydrogen (secondary N) is 1. The summed E-state index contributed by atoms with van der Waals surface area (Å²) in [7, 11) is 0. The molecule has 2 N–H and O–H groups in total. The van der Waals surface area contributed by atoms with E-state index in [1.165, 1.54) is 4.90 Å². The van der Waals surface area contributed by atoms with E-state index in [4.69, 9.17) is 9.47 Å². The number of esters is 1. The Balaban J connectivity index is 2.07. The lowest BCUT2D eigenvalue weighted by molar-refractivity contribution is -0.160. The van der Waals surface area contributed by atoms with Gasteiger partial charge in [0.15, 0.2) is 0 Å². The highest BCUT2D eigenvalue weighted by Crippen LogP contribution is 2.63. The molecule has 6 atom stereocenters. The molecule has 0 aromatic heterocycles. The molecule has 8 heteroatoms. The molecule has 8 nitrogen and oxygen atoms in total. The van der Waals surface area contributed by atoms with Crippen LogP contribution in [0.1, 0.15) is 47.5 Å². The van der Waals surface area contributed by atoms with Crippen molar-refractivity contribution in [3.63, 3.8) is 0 Å². The molecule has 3 aliphatic rings. The molecule has 2 unspecified atom stereocenters. The van der Waals surface area contributed by atoms with Gasteiger partial charge in [0, 0.05) is 6.04 Å². The van der Waals surface area contributed by atoms with E-state index in [1.54, 1.807) is 13.8 Å². The first-order chi connectivity index (χ1) is 12.6. The van der Waals surface area contributed by atoms with E-state index in [2.05, 4.69) is 5.32 Å². The Morgan fingerprint density at radius 2 is 2.04 bits per heavy atom. The molecule has 0 radical (unpaired) electrons. The molecule has 3 heterocycles. The fraction of sp³-hybridized carbons (Fsp3) is 0.842. The second kappa shape index (κ2) is 6.74. The maximum atomic E-state index is 13.4. The zero-order chi connectivity index (χ0) is 20.1. The number of ether oxygens (including phenoxy) is 2. The summed E-state index contributed by atoms with van der Waals surface area (Å²) in [6.07, 6.45) is 1.09. The maximum absolute atomic E-state index is 13.4. The van der Waals surface area contributed by atoms with Gasteiger partial charge in [-0.2, -0.15) is 0 Å². The topological polar surface area (TPSA) is 105 Å². The summed E-state index contributed by atoms with van der Waals surface area (Å²) in [5.41, 5.74) is -1.89. The van der Waals surface area contributed by atoms with Crippen molar-refractivity contribution >= 4 is 17.8 Å². The van der Waals surface area contributed by atoms with Crippen LogP contribution in [0.2, 0.25) is 0 Å². The van der Waals surface area contributed by atoms with E-state index in [1.807, 2.05) is 20.8 Å². The average molecular weight is 382 g/mol. The summed E-state index contributed by atoms with van der Waals surface area (Å²) in [4.78, 5) is 40.6. The predicted molar refractivity (Wildman–Crippen MR) is 95.5 cm³/mol. The number of fused-ring (bicyclic) bond motifs is 1. The van der Waals surface area contributed by atoms with Crippen LogP contribution in [-0.2, 0) is 23.9 Å². The summed E-state index contributed by atoms with van der Waals surface area (Å²) in [5.74, 6) is -2.60. The Labute approximate surface area is 159 Å². The van der Waals surface area contributed by atoms with Gasteiger partial charge in [-0.25, -0.2) is 0 Å². The minimum absolute atomic E-state index is 0.107. The van der Waals surface area contributed by atoms with Gasteiger partial charge in [-0.3, -0.25) is 14.4 Å². The highest BCUT2D eigenvalue weighted by atomic mass is 16.6. The van der Waals surface area contributed by atoms with Gasteiger partial charge in [-0.15, -0.1) is 0 Å². The third kappa shape index (κ3) is 2.76. The summed E-state index contributed by atoms with van der Waals surface area (Å²) in [6, 6.07) is -1.54. The zero-order valence-corrected chi connectivity index (χ0v) is 16.7. The smallest absolute Gasteiger partial charge is 0.312 e. The van der Waals surface area contributed by atoms with Gasteiger partial charge in [-0.1, -0.05) is 0 Å². The Morgan fingerprint density at radius 1 is 1.37 bits per heavy atom. The largest absolute Gasteiger partial charge is 0.466 e. The zero-order valence-electron chi connectivity index (χ0n) is 16.7. The number of rotatable bonds is 6. The Hall–Kier alpha value is -1.67. The fourth-order valence-electron chi connectivity index (χ4n) is 5.18. The number of amides is 2. The summed E-state index contributed by atoms with van der Waals surface area (Å²) >= 11 is 0. The standard InChI is InChI=1S/C19H30N2O6/c1-6-26-17(25)13-12-16(24)21(11(4)9-22)14(15(23)20-10(2)3)19(12)8-7-18(13,5)27-19/h10-14,22H,6-9H2,1-5H3,(H,20,23)/t11-,12+,13+,14?,18-,19?/m1/s1. The Kier molecular flexibility index (Phi) is 5.01. The summed E-state index contributed by atoms with van der Waals surface area (Å²) in [6.45, 7) is 8.87. The van der Waals surface area contributed by atoms with Gasteiger partial charge < -0.3 is 24.8 Å². The van der Waals surface area contributed by atoms with Gasteiger partial charge in [-0.05, 0) is 47.5 Å². The van der Waals surface area contributed by atoms with Crippen molar-refractivity contribution in [2.75, 3.05) is 13.2 Å². The highest BCUT2D eigenvalue weighted by molar-refractivity contribution is 5.98. The van der Waals surface area contributed by atoms with Crippen molar-refractivity contribution in [1.29, 1.82) is 0 Å². The van der Waals surface area contributed by atoms with E-state index in [0.717, 1.165) is 0 Å². The number of hydrogen-bond acceptors (Lipinski definition) is 6. The Morgan fingerprint density at radius 3 is 2.59 bits per heavy atom. The number of likely N-dealkylation sites (tertiary alicyclic amines) is 1. The van der Waals surface area contributed by atoms with E-state index in [0.29, 0.717) is 12.8 Å². The van der Waals surface area contributed by atoms with Crippen LogP contribution in [0.4, 0.5) is 0 Å². The van der Waals surface area contributed by atoms with E-state index < -0.39 is 41.1 Å². The van der Waals surface area contributed by atoms with Gasteiger partial charge >= 0.3 is 5.97 Å². The minimum atomic E-state index is -1.06. The minimum Gasteiger partial charge on any atom is -0.466 e. The molecular formula is C19H30N2O6.